The maximum absolute atomic E-state index is 14.0. The molecule has 15 atom stereocenters. The minimum absolute atomic E-state index is 0.101. The first-order valence-electron chi connectivity index (χ1n) is 16.5. The minimum atomic E-state index is -2.08. The second kappa shape index (κ2) is 16.2. The van der Waals surface area contributed by atoms with Crippen molar-refractivity contribution in [1.29, 1.82) is 0 Å². The quantitative estimate of drug-likeness (QED) is 0.0922. The number of hydrogen-bond acceptors (Lipinski definition) is 21. The van der Waals surface area contributed by atoms with E-state index in [1.165, 1.54) is 24.3 Å². The Balaban J connectivity index is 1.40. The van der Waals surface area contributed by atoms with Gasteiger partial charge in [-0.2, -0.15) is 0 Å². The van der Waals surface area contributed by atoms with Gasteiger partial charge in [0, 0.05) is 17.7 Å². The number of benzene rings is 2. The molecule has 3 aliphatic heterocycles. The van der Waals surface area contributed by atoms with Crippen LogP contribution in [-0.4, -0.2) is 178 Å². The van der Waals surface area contributed by atoms with Gasteiger partial charge in [0.15, 0.2) is 24.4 Å². The molecule has 21 nitrogen and oxygen atoms in total. The molecular formula is C33H40O21. The Kier molecular flexibility index (Phi) is 11.9. The fraction of sp³-hybridized carbons (Fsp3) is 0.545. The second-order valence-corrected chi connectivity index (χ2v) is 12.9. The highest BCUT2D eigenvalue weighted by atomic mass is 16.8. The molecule has 0 unspecified atom stereocenters. The summed E-state index contributed by atoms with van der Waals surface area (Å²) in [5.41, 5.74) is -1.26. The molecular weight excluding hydrogens is 732 g/mol. The Morgan fingerprint density at radius 1 is 0.574 bits per heavy atom. The fourth-order valence-electron chi connectivity index (χ4n) is 6.39. The third-order valence-electron chi connectivity index (χ3n) is 9.36. The third-order valence-corrected chi connectivity index (χ3v) is 9.36. The van der Waals surface area contributed by atoms with Crippen LogP contribution in [0.1, 0.15) is 0 Å². The zero-order valence-electron chi connectivity index (χ0n) is 27.8. The van der Waals surface area contributed by atoms with Gasteiger partial charge in [0.2, 0.25) is 17.5 Å². The first kappa shape index (κ1) is 39.9. The number of rotatable bonds is 10. The molecule has 3 aromatic rings. The second-order valence-electron chi connectivity index (χ2n) is 12.9. The topological polar surface area (TPSA) is 349 Å². The average Bonchev–Trinajstić information content (AvgIpc) is 3.14. The van der Waals surface area contributed by atoms with Crippen LogP contribution in [-0.2, 0) is 23.7 Å². The Labute approximate surface area is 303 Å². The summed E-state index contributed by atoms with van der Waals surface area (Å²) in [7, 11) is 0. The highest BCUT2D eigenvalue weighted by molar-refractivity contribution is 5.88. The Bertz CT molecular complexity index is 1800. The van der Waals surface area contributed by atoms with E-state index in [4.69, 9.17) is 32.8 Å². The molecule has 3 aliphatic rings. The molecule has 21 heteroatoms. The van der Waals surface area contributed by atoms with Crippen molar-refractivity contribution < 1.29 is 99.2 Å². The molecule has 4 heterocycles. The molecule has 54 heavy (non-hydrogen) atoms. The third kappa shape index (κ3) is 7.45. The van der Waals surface area contributed by atoms with Crippen molar-refractivity contribution in [2.75, 3.05) is 19.8 Å². The van der Waals surface area contributed by atoms with E-state index in [-0.39, 0.29) is 22.7 Å². The highest BCUT2D eigenvalue weighted by Crippen LogP contribution is 2.39. The molecule has 2 aromatic carbocycles. The lowest BCUT2D eigenvalue weighted by molar-refractivity contribution is -0.389. The van der Waals surface area contributed by atoms with Crippen LogP contribution in [0.5, 0.6) is 23.0 Å². The molecule has 0 amide bonds. The van der Waals surface area contributed by atoms with E-state index in [0.717, 1.165) is 12.1 Å². The number of ether oxygens (including phenoxy) is 6. The monoisotopic (exact) mass is 772 g/mol. The maximum atomic E-state index is 14.0. The zero-order valence-corrected chi connectivity index (χ0v) is 27.8. The molecule has 1 aromatic heterocycles. The zero-order chi connectivity index (χ0) is 39.2. The molecule has 0 bridgehead atoms. The van der Waals surface area contributed by atoms with E-state index in [1.54, 1.807) is 0 Å². The van der Waals surface area contributed by atoms with Crippen LogP contribution in [0, 0.1) is 0 Å². The van der Waals surface area contributed by atoms with Crippen molar-refractivity contribution in [2.24, 2.45) is 0 Å². The van der Waals surface area contributed by atoms with Crippen LogP contribution in [0.15, 0.2) is 45.6 Å². The van der Waals surface area contributed by atoms with Gasteiger partial charge in [0.05, 0.1) is 19.8 Å². The summed E-state index contributed by atoms with van der Waals surface area (Å²) in [6, 6.07) is 6.99. The van der Waals surface area contributed by atoms with Gasteiger partial charge in [0.25, 0.3) is 0 Å². The molecule has 13 N–H and O–H groups in total. The van der Waals surface area contributed by atoms with Crippen molar-refractivity contribution in [3.8, 4) is 34.3 Å². The van der Waals surface area contributed by atoms with Gasteiger partial charge < -0.3 is 99.2 Å². The number of fused-ring (bicyclic) bond motifs is 1. The van der Waals surface area contributed by atoms with Crippen molar-refractivity contribution in [3.05, 3.63) is 46.6 Å². The van der Waals surface area contributed by atoms with Crippen LogP contribution in [0.25, 0.3) is 22.3 Å². The number of aliphatic hydroxyl groups is 10. The van der Waals surface area contributed by atoms with Gasteiger partial charge in [-0.15, -0.1) is 0 Å². The number of phenolic OH excluding ortho intramolecular Hbond substituents is 3. The van der Waals surface area contributed by atoms with Gasteiger partial charge in [-0.25, -0.2) is 0 Å². The van der Waals surface area contributed by atoms with E-state index in [0.29, 0.717) is 0 Å². The SMILES string of the molecule is O=c1c(O[C@@H]2O[C@@H](CO)[C@@H](O)[C@H](O)[C@H]2O[C@@H]2O[C@@H](CO)[C@H](O)[C@H](O)[C@H]2O[C@@H]2O[C@H](CO)[C@@H](O)[C@H](O)[C@@H]2O)c(-c2ccc(O)cc2)oc2cc(O)cc(O)c12. The summed E-state index contributed by atoms with van der Waals surface area (Å²) in [5.74, 6) is -2.45. The molecule has 6 rings (SSSR count). The van der Waals surface area contributed by atoms with Crippen molar-refractivity contribution in [1.82, 2.24) is 0 Å². The van der Waals surface area contributed by atoms with E-state index in [9.17, 15) is 71.2 Å². The molecule has 0 aliphatic carbocycles. The maximum Gasteiger partial charge on any atom is 0.239 e. The van der Waals surface area contributed by atoms with Crippen LogP contribution >= 0.6 is 0 Å². The predicted octanol–water partition coefficient (Wildman–Crippen LogP) is -4.60. The van der Waals surface area contributed by atoms with E-state index in [2.05, 4.69) is 0 Å². The molecule has 3 fully saturated rings. The van der Waals surface area contributed by atoms with Crippen molar-refractivity contribution in [2.45, 2.75) is 92.1 Å². The standard InChI is InChI=1S/C33H40O21/c34-7-15-19(40)23(44)26(47)31(49-15)53-29-24(45)20(41)17(9-36)51-33(29)54-30-25(46)21(42)16(8-35)50-32(30)52-28-22(43)18-13(39)5-12(38)6-14(18)48-27(28)10-1-3-11(37)4-2-10/h1-6,15-17,19-21,23-26,29-42,44-47H,7-9H2/t15-,16+,17+,19-,20+,21-,23+,24+,25+,26+,29-,30-,31+,32+,33+/m1/s1. The summed E-state index contributed by atoms with van der Waals surface area (Å²) >= 11 is 0. The van der Waals surface area contributed by atoms with E-state index < -0.39 is 140 Å². The molecule has 0 saturated carbocycles. The van der Waals surface area contributed by atoms with Crippen LogP contribution < -0.4 is 10.2 Å². The average molecular weight is 773 g/mol. The number of aliphatic hydroxyl groups excluding tert-OH is 10. The lowest BCUT2D eigenvalue weighted by Gasteiger charge is -2.48. The van der Waals surface area contributed by atoms with E-state index in [1.807, 2.05) is 0 Å². The van der Waals surface area contributed by atoms with E-state index >= 15 is 0 Å². The van der Waals surface area contributed by atoms with Gasteiger partial charge in [-0.05, 0) is 24.3 Å². The minimum Gasteiger partial charge on any atom is -0.508 e. The first-order valence-corrected chi connectivity index (χ1v) is 16.5. The predicted molar refractivity (Wildman–Crippen MR) is 173 cm³/mol. The Morgan fingerprint density at radius 2 is 1.07 bits per heavy atom. The highest BCUT2D eigenvalue weighted by Gasteiger charge is 2.54. The largest absolute Gasteiger partial charge is 0.508 e. The summed E-state index contributed by atoms with van der Waals surface area (Å²) in [4.78, 5) is 14.0. The molecule has 0 spiro atoms. The van der Waals surface area contributed by atoms with Gasteiger partial charge in [0.1, 0.15) is 95.4 Å². The molecule has 298 valence electrons. The Morgan fingerprint density at radius 3 is 1.65 bits per heavy atom. The molecule has 3 saturated heterocycles. The van der Waals surface area contributed by atoms with Crippen molar-refractivity contribution in [3.63, 3.8) is 0 Å². The normalized spacial score (nSPS) is 37.3. The lowest BCUT2D eigenvalue weighted by atomic mass is 9.96. The summed E-state index contributed by atoms with van der Waals surface area (Å²) in [5, 5.41) is 135. The smallest absolute Gasteiger partial charge is 0.239 e. The van der Waals surface area contributed by atoms with Gasteiger partial charge >= 0.3 is 0 Å². The Hall–Kier alpha value is -3.75. The summed E-state index contributed by atoms with van der Waals surface area (Å²) < 4.78 is 40.2. The van der Waals surface area contributed by atoms with Crippen LogP contribution in [0.4, 0.5) is 0 Å². The first-order chi connectivity index (χ1) is 25.7. The van der Waals surface area contributed by atoms with Gasteiger partial charge in [-0.1, -0.05) is 0 Å². The van der Waals surface area contributed by atoms with Crippen LogP contribution in [0.3, 0.4) is 0 Å². The summed E-state index contributed by atoms with van der Waals surface area (Å²) in [6.45, 7) is -2.69. The van der Waals surface area contributed by atoms with Crippen molar-refractivity contribution >= 4 is 11.0 Å². The van der Waals surface area contributed by atoms with Gasteiger partial charge in [-0.3, -0.25) is 4.79 Å². The van der Waals surface area contributed by atoms with Crippen LogP contribution in [0.2, 0.25) is 0 Å². The molecule has 0 radical (unpaired) electrons. The number of hydrogen-bond donors (Lipinski definition) is 13. The summed E-state index contributed by atoms with van der Waals surface area (Å²) in [6.07, 6.45) is -28.3. The number of aromatic hydroxyl groups is 3. The fourth-order valence-corrected chi connectivity index (χ4v) is 6.39. The number of phenols is 3. The lowest BCUT2D eigenvalue weighted by Crippen LogP contribution is -2.67.